The monoisotopic (exact) mass is 492 g/mol. The van der Waals surface area contributed by atoms with Crippen LogP contribution >= 0.6 is 22.7 Å². The lowest BCUT2D eigenvalue weighted by molar-refractivity contribution is -0.126. The number of carbonyl (C=O) groups is 1. The predicted molar refractivity (Wildman–Crippen MR) is 122 cm³/mol. The summed E-state index contributed by atoms with van der Waals surface area (Å²) < 4.78 is 33.6. The van der Waals surface area contributed by atoms with Crippen LogP contribution < -0.4 is 5.32 Å². The second-order valence-corrected chi connectivity index (χ2v) is 12.5. The van der Waals surface area contributed by atoms with Crippen molar-refractivity contribution >= 4 is 38.6 Å². The standard InChI is InChI=1S/C21H24N4O4S3/c1-13-18(10-17(31-13)19-23-21(29-24-19)14-6-7-14)32(27,28)25-8-2-4-15(12-25)20(26)22-11-16-5-3-9-30-16/h3,5,9-10,14-15H,2,4,6-8,11-12H2,1H3,(H,22,26)/t15-/m1/s1. The predicted octanol–water partition coefficient (Wildman–Crippen LogP) is 3.76. The van der Waals surface area contributed by atoms with Crippen LogP contribution in [0.3, 0.4) is 0 Å². The molecule has 0 unspecified atom stereocenters. The Morgan fingerprint density at radius 1 is 1.34 bits per heavy atom. The number of piperidine rings is 1. The van der Waals surface area contributed by atoms with Gasteiger partial charge in [0, 0.05) is 28.8 Å². The number of thiophene rings is 2. The van der Waals surface area contributed by atoms with E-state index in [4.69, 9.17) is 4.52 Å². The lowest BCUT2D eigenvalue weighted by Crippen LogP contribution is -2.45. The van der Waals surface area contributed by atoms with E-state index in [1.165, 1.54) is 15.6 Å². The number of aromatic nitrogens is 2. The zero-order valence-corrected chi connectivity index (χ0v) is 20.1. The molecule has 0 spiro atoms. The van der Waals surface area contributed by atoms with Gasteiger partial charge in [-0.2, -0.15) is 9.29 Å². The van der Waals surface area contributed by atoms with Gasteiger partial charge in [-0.15, -0.1) is 22.7 Å². The molecule has 1 aliphatic heterocycles. The molecule has 32 heavy (non-hydrogen) atoms. The van der Waals surface area contributed by atoms with E-state index in [1.807, 2.05) is 17.5 Å². The highest BCUT2D eigenvalue weighted by Gasteiger charge is 2.35. The van der Waals surface area contributed by atoms with Crippen molar-refractivity contribution in [2.24, 2.45) is 5.92 Å². The van der Waals surface area contributed by atoms with Crippen LogP contribution in [-0.4, -0.2) is 41.9 Å². The van der Waals surface area contributed by atoms with Gasteiger partial charge in [0.25, 0.3) is 0 Å². The summed E-state index contributed by atoms with van der Waals surface area (Å²) in [5.74, 6) is 0.959. The molecule has 2 fully saturated rings. The molecule has 170 valence electrons. The molecule has 1 aliphatic carbocycles. The summed E-state index contributed by atoms with van der Waals surface area (Å²) in [6.07, 6.45) is 3.45. The van der Waals surface area contributed by atoms with Gasteiger partial charge >= 0.3 is 0 Å². The third kappa shape index (κ3) is 4.39. The van der Waals surface area contributed by atoms with Gasteiger partial charge in [-0.25, -0.2) is 8.42 Å². The fraction of sp³-hybridized carbons (Fsp3) is 0.476. The molecule has 1 N–H and O–H groups in total. The summed E-state index contributed by atoms with van der Waals surface area (Å²) in [4.78, 5) is 19.8. The molecule has 0 aromatic carbocycles. The Morgan fingerprint density at radius 2 is 2.19 bits per heavy atom. The fourth-order valence-corrected chi connectivity index (χ4v) is 7.56. The Balaban J connectivity index is 1.30. The second-order valence-electron chi connectivity index (χ2n) is 8.26. The van der Waals surface area contributed by atoms with Crippen molar-refractivity contribution in [3.63, 3.8) is 0 Å². The fourth-order valence-electron chi connectivity index (χ4n) is 3.91. The first-order valence-corrected chi connectivity index (χ1v) is 13.8. The number of hydrogen-bond donors (Lipinski definition) is 1. The van der Waals surface area contributed by atoms with Gasteiger partial charge in [-0.1, -0.05) is 11.2 Å². The topological polar surface area (TPSA) is 105 Å². The van der Waals surface area contributed by atoms with Crippen LogP contribution in [0.15, 0.2) is 33.0 Å². The maximum absolute atomic E-state index is 13.4. The van der Waals surface area contributed by atoms with Crippen molar-refractivity contribution in [2.45, 2.75) is 50.0 Å². The van der Waals surface area contributed by atoms with Gasteiger partial charge in [0.15, 0.2) is 0 Å². The number of amides is 1. The number of aryl methyl sites for hydroxylation is 1. The van der Waals surface area contributed by atoms with Gasteiger partial charge in [-0.05, 0) is 50.1 Å². The van der Waals surface area contributed by atoms with Crippen LogP contribution in [-0.2, 0) is 21.4 Å². The number of nitrogens with zero attached hydrogens (tertiary/aromatic N) is 3. The van der Waals surface area contributed by atoms with E-state index in [0.29, 0.717) is 53.3 Å². The van der Waals surface area contributed by atoms with Crippen molar-refractivity contribution in [3.8, 4) is 10.7 Å². The van der Waals surface area contributed by atoms with Crippen molar-refractivity contribution in [1.29, 1.82) is 0 Å². The Kier molecular flexibility index (Phi) is 5.91. The largest absolute Gasteiger partial charge is 0.351 e. The van der Waals surface area contributed by atoms with Crippen molar-refractivity contribution in [2.75, 3.05) is 13.1 Å². The smallest absolute Gasteiger partial charge is 0.244 e. The highest BCUT2D eigenvalue weighted by Crippen LogP contribution is 2.41. The first-order valence-electron chi connectivity index (χ1n) is 10.7. The van der Waals surface area contributed by atoms with Crippen LogP contribution in [0.2, 0.25) is 0 Å². The van der Waals surface area contributed by atoms with Gasteiger partial charge < -0.3 is 9.84 Å². The molecule has 1 saturated carbocycles. The molecule has 0 bridgehead atoms. The molecule has 1 amide bonds. The van der Waals surface area contributed by atoms with Crippen LogP contribution in [0, 0.1) is 12.8 Å². The van der Waals surface area contributed by atoms with E-state index in [2.05, 4.69) is 15.5 Å². The number of nitrogens with one attached hydrogen (secondary N) is 1. The molecule has 3 aromatic heterocycles. The molecule has 1 atom stereocenters. The maximum atomic E-state index is 13.4. The van der Waals surface area contributed by atoms with Crippen LogP contribution in [0.25, 0.3) is 10.7 Å². The van der Waals surface area contributed by atoms with E-state index in [0.717, 1.165) is 17.7 Å². The number of sulfonamides is 1. The molecule has 4 heterocycles. The number of rotatable bonds is 7. The summed E-state index contributed by atoms with van der Waals surface area (Å²) in [7, 11) is -3.72. The Morgan fingerprint density at radius 3 is 2.94 bits per heavy atom. The molecule has 3 aromatic rings. The van der Waals surface area contributed by atoms with Crippen molar-refractivity contribution in [3.05, 3.63) is 39.2 Å². The molecule has 0 radical (unpaired) electrons. The van der Waals surface area contributed by atoms with Gasteiger partial charge in [0.1, 0.15) is 0 Å². The van der Waals surface area contributed by atoms with Crippen molar-refractivity contribution in [1.82, 2.24) is 19.8 Å². The van der Waals surface area contributed by atoms with E-state index in [-0.39, 0.29) is 23.3 Å². The van der Waals surface area contributed by atoms with E-state index in [1.54, 1.807) is 24.3 Å². The Bertz CT molecular complexity index is 1210. The summed E-state index contributed by atoms with van der Waals surface area (Å²) >= 11 is 2.93. The summed E-state index contributed by atoms with van der Waals surface area (Å²) in [6, 6.07) is 5.55. The van der Waals surface area contributed by atoms with Crippen LogP contribution in [0.4, 0.5) is 0 Å². The van der Waals surface area contributed by atoms with Crippen LogP contribution in [0.1, 0.15) is 47.2 Å². The molecule has 1 saturated heterocycles. The number of hydrogen-bond acceptors (Lipinski definition) is 8. The maximum Gasteiger partial charge on any atom is 0.244 e. The van der Waals surface area contributed by atoms with Gasteiger partial charge in [-0.3, -0.25) is 4.79 Å². The summed E-state index contributed by atoms with van der Waals surface area (Å²) in [6.45, 7) is 2.87. The molecule has 11 heteroatoms. The molecule has 5 rings (SSSR count). The zero-order valence-electron chi connectivity index (χ0n) is 17.6. The quantitative estimate of drug-likeness (QED) is 0.538. The van der Waals surface area contributed by atoms with Crippen LogP contribution in [0.5, 0.6) is 0 Å². The first kappa shape index (κ1) is 21.7. The molecule has 8 nitrogen and oxygen atoms in total. The normalized spacial score (nSPS) is 19.8. The minimum atomic E-state index is -3.72. The minimum absolute atomic E-state index is 0.0968. The minimum Gasteiger partial charge on any atom is -0.351 e. The third-order valence-electron chi connectivity index (χ3n) is 5.85. The zero-order chi connectivity index (χ0) is 22.3. The van der Waals surface area contributed by atoms with E-state index in [9.17, 15) is 13.2 Å². The lowest BCUT2D eigenvalue weighted by Gasteiger charge is -2.31. The highest BCUT2D eigenvalue weighted by atomic mass is 32.2. The Labute approximate surface area is 194 Å². The third-order valence-corrected chi connectivity index (χ3v) is 9.89. The van der Waals surface area contributed by atoms with E-state index >= 15 is 0 Å². The summed E-state index contributed by atoms with van der Waals surface area (Å²) in [5.41, 5.74) is 0. The first-order chi connectivity index (χ1) is 15.4. The highest BCUT2D eigenvalue weighted by molar-refractivity contribution is 7.89. The molecular formula is C21H24N4O4S3. The SMILES string of the molecule is Cc1sc(-c2noc(C3CC3)n2)cc1S(=O)(=O)N1CCC[C@@H](C(=O)NCc2cccs2)C1. The average Bonchev–Trinajstić information content (AvgIpc) is 3.18. The summed E-state index contributed by atoms with van der Waals surface area (Å²) in [5, 5.41) is 8.95. The lowest BCUT2D eigenvalue weighted by atomic mass is 9.99. The van der Waals surface area contributed by atoms with Gasteiger partial charge in [0.05, 0.1) is 22.2 Å². The molecule has 2 aliphatic rings. The van der Waals surface area contributed by atoms with Gasteiger partial charge in [0.2, 0.25) is 27.6 Å². The molecular weight excluding hydrogens is 468 g/mol. The van der Waals surface area contributed by atoms with Crippen molar-refractivity contribution < 1.29 is 17.7 Å². The second kappa shape index (κ2) is 8.69. The number of carbonyl (C=O) groups excluding carboxylic acids is 1. The Hall–Kier alpha value is -2.08. The van der Waals surface area contributed by atoms with E-state index < -0.39 is 10.0 Å². The average molecular weight is 493 g/mol.